The molecule has 1 aliphatic heterocycles. The molecule has 6 nitrogen and oxygen atoms in total. The van der Waals surface area contributed by atoms with Crippen molar-refractivity contribution in [3.8, 4) is 0 Å². The zero-order chi connectivity index (χ0) is 16.5. The van der Waals surface area contributed by atoms with Crippen LogP contribution in [0, 0.1) is 0 Å². The Balaban J connectivity index is 2.35. The fourth-order valence-electron chi connectivity index (χ4n) is 2.10. The van der Waals surface area contributed by atoms with Crippen LogP contribution in [0.2, 0.25) is 0 Å². The maximum absolute atomic E-state index is 13.2. The first kappa shape index (κ1) is 15.8. The highest BCUT2D eigenvalue weighted by Gasteiger charge is 2.68. The van der Waals surface area contributed by atoms with Crippen molar-refractivity contribution in [2.75, 3.05) is 0 Å². The summed E-state index contributed by atoms with van der Waals surface area (Å²) in [6, 6.07) is 6.84. The molecule has 0 bridgehead atoms. The number of benzene rings is 1. The molecule has 118 valence electrons. The lowest BCUT2D eigenvalue weighted by atomic mass is 10.1. The van der Waals surface area contributed by atoms with Crippen LogP contribution in [0.1, 0.15) is 12.5 Å². The fourth-order valence-corrected chi connectivity index (χ4v) is 2.10. The van der Waals surface area contributed by atoms with Gasteiger partial charge in [0.2, 0.25) is 5.91 Å². The van der Waals surface area contributed by atoms with Crippen molar-refractivity contribution < 1.29 is 27.6 Å². The van der Waals surface area contributed by atoms with Gasteiger partial charge in [0.1, 0.15) is 0 Å². The van der Waals surface area contributed by atoms with Gasteiger partial charge in [0.25, 0.3) is 11.6 Å². The number of rotatable bonds is 3. The Kier molecular flexibility index (Phi) is 3.82. The van der Waals surface area contributed by atoms with Gasteiger partial charge in [-0.1, -0.05) is 30.3 Å². The topological polar surface area (TPSA) is 78.5 Å². The molecule has 2 rings (SSSR count). The Morgan fingerprint density at radius 1 is 1.27 bits per heavy atom. The number of urea groups is 1. The fraction of sp³-hybridized carbons (Fsp3) is 0.308. The molecule has 0 aliphatic carbocycles. The van der Waals surface area contributed by atoms with Gasteiger partial charge in [-0.2, -0.15) is 13.2 Å². The average molecular weight is 315 g/mol. The van der Waals surface area contributed by atoms with E-state index < -0.39 is 29.7 Å². The quantitative estimate of drug-likeness (QED) is 0.821. The molecule has 1 unspecified atom stereocenters. The molecule has 1 aromatic rings. The van der Waals surface area contributed by atoms with E-state index in [1.807, 2.05) is 0 Å². The van der Waals surface area contributed by atoms with Crippen molar-refractivity contribution in [1.82, 2.24) is 15.5 Å². The van der Waals surface area contributed by atoms with Crippen molar-refractivity contribution in [3.63, 3.8) is 0 Å². The van der Waals surface area contributed by atoms with E-state index in [2.05, 4.69) is 0 Å². The third-order valence-electron chi connectivity index (χ3n) is 3.08. The second kappa shape index (κ2) is 5.32. The van der Waals surface area contributed by atoms with Crippen LogP contribution >= 0.6 is 0 Å². The molecule has 1 aliphatic rings. The minimum atomic E-state index is -5.17. The minimum absolute atomic E-state index is 0.330. The molecule has 1 atom stereocenters. The van der Waals surface area contributed by atoms with Crippen molar-refractivity contribution >= 4 is 17.8 Å². The molecule has 1 fully saturated rings. The van der Waals surface area contributed by atoms with E-state index in [1.54, 1.807) is 30.3 Å². The number of hydrogen-bond donors (Lipinski definition) is 2. The molecule has 0 saturated carbocycles. The highest BCUT2D eigenvalue weighted by atomic mass is 19.4. The molecule has 22 heavy (non-hydrogen) atoms. The molecule has 1 aromatic carbocycles. The van der Waals surface area contributed by atoms with Gasteiger partial charge in [-0.3, -0.25) is 19.8 Å². The van der Waals surface area contributed by atoms with Crippen LogP contribution in [0.25, 0.3) is 0 Å². The third kappa shape index (κ3) is 2.61. The lowest BCUT2D eigenvalue weighted by Crippen LogP contribution is -2.69. The minimum Gasteiger partial charge on any atom is -0.318 e. The van der Waals surface area contributed by atoms with Gasteiger partial charge in [0, 0.05) is 6.92 Å². The van der Waals surface area contributed by atoms with Crippen molar-refractivity contribution in [3.05, 3.63) is 35.9 Å². The second-order valence-corrected chi connectivity index (χ2v) is 4.74. The number of nitrogens with one attached hydrogen (secondary N) is 2. The summed E-state index contributed by atoms with van der Waals surface area (Å²) in [6.45, 7) is 0.496. The van der Waals surface area contributed by atoms with Gasteiger partial charge in [0.15, 0.2) is 0 Å². The van der Waals surface area contributed by atoms with Crippen molar-refractivity contribution in [2.24, 2.45) is 0 Å². The first-order valence-electron chi connectivity index (χ1n) is 6.21. The van der Waals surface area contributed by atoms with Crippen LogP contribution in [-0.2, 0) is 16.1 Å². The number of carbonyl (C=O) groups is 3. The summed E-state index contributed by atoms with van der Waals surface area (Å²) in [5.41, 5.74) is -2.95. The van der Waals surface area contributed by atoms with E-state index >= 15 is 0 Å². The van der Waals surface area contributed by atoms with Crippen molar-refractivity contribution in [1.29, 1.82) is 0 Å². The van der Waals surface area contributed by atoms with Gasteiger partial charge >= 0.3 is 12.2 Å². The lowest BCUT2D eigenvalue weighted by Gasteiger charge is -2.29. The Labute approximate surface area is 123 Å². The van der Waals surface area contributed by atoms with E-state index in [1.165, 1.54) is 10.6 Å². The summed E-state index contributed by atoms with van der Waals surface area (Å²) in [4.78, 5) is 35.4. The predicted molar refractivity (Wildman–Crippen MR) is 68.1 cm³/mol. The number of halogens is 3. The monoisotopic (exact) mass is 315 g/mol. The SMILES string of the molecule is CC(=O)NC1(C(F)(F)F)NC(=O)N(Cc2ccccc2)C1=O. The highest BCUT2D eigenvalue weighted by Crippen LogP contribution is 2.34. The highest BCUT2D eigenvalue weighted by molar-refractivity contribution is 6.08. The number of imide groups is 1. The van der Waals surface area contributed by atoms with Crippen LogP contribution in [-0.4, -0.2) is 34.6 Å². The standard InChI is InChI=1S/C13H12F3N3O3/c1-8(20)17-12(13(14,15)16)10(21)19(11(22)18-12)7-9-5-3-2-4-6-9/h2-6H,7H2,1H3,(H,17,20)(H,18,22). The van der Waals surface area contributed by atoms with Gasteiger partial charge in [-0.15, -0.1) is 0 Å². The maximum Gasteiger partial charge on any atom is 0.440 e. The third-order valence-corrected chi connectivity index (χ3v) is 3.08. The molecule has 1 saturated heterocycles. The van der Waals surface area contributed by atoms with E-state index in [0.29, 0.717) is 10.5 Å². The Morgan fingerprint density at radius 2 is 1.86 bits per heavy atom. The maximum atomic E-state index is 13.2. The summed E-state index contributed by atoms with van der Waals surface area (Å²) >= 11 is 0. The normalized spacial score (nSPS) is 21.7. The van der Waals surface area contributed by atoms with E-state index in [-0.39, 0.29) is 6.54 Å². The first-order chi connectivity index (χ1) is 10.2. The molecule has 4 amide bonds. The number of carbonyl (C=O) groups excluding carboxylic acids is 3. The number of nitrogens with zero attached hydrogens (tertiary/aromatic N) is 1. The Hall–Kier alpha value is -2.58. The van der Waals surface area contributed by atoms with Gasteiger partial charge in [-0.25, -0.2) is 4.79 Å². The van der Waals surface area contributed by atoms with Crippen LogP contribution in [0.3, 0.4) is 0 Å². The van der Waals surface area contributed by atoms with E-state index in [0.717, 1.165) is 6.92 Å². The van der Waals surface area contributed by atoms with Crippen molar-refractivity contribution in [2.45, 2.75) is 25.3 Å². The van der Waals surface area contributed by atoms with Crippen LogP contribution < -0.4 is 10.6 Å². The predicted octanol–water partition coefficient (Wildman–Crippen LogP) is 1.13. The van der Waals surface area contributed by atoms with Gasteiger partial charge < -0.3 is 5.32 Å². The number of alkyl halides is 3. The van der Waals surface area contributed by atoms with E-state index in [4.69, 9.17) is 0 Å². The average Bonchev–Trinajstić information content (AvgIpc) is 2.64. The molecule has 0 spiro atoms. The molecule has 2 N–H and O–H groups in total. The van der Waals surface area contributed by atoms with Gasteiger partial charge in [0.05, 0.1) is 6.54 Å². The largest absolute Gasteiger partial charge is 0.440 e. The summed E-state index contributed by atoms with van der Waals surface area (Å²) in [5, 5.41) is 3.04. The van der Waals surface area contributed by atoms with Crippen LogP contribution in [0.5, 0.6) is 0 Å². The molecule has 0 aromatic heterocycles. The summed E-state index contributed by atoms with van der Waals surface area (Å²) < 4.78 is 39.7. The zero-order valence-corrected chi connectivity index (χ0v) is 11.4. The van der Waals surface area contributed by atoms with E-state index in [9.17, 15) is 27.6 Å². The zero-order valence-electron chi connectivity index (χ0n) is 11.4. The second-order valence-electron chi connectivity index (χ2n) is 4.74. The molecular formula is C13H12F3N3O3. The molecular weight excluding hydrogens is 303 g/mol. The first-order valence-corrected chi connectivity index (χ1v) is 6.21. The molecule has 9 heteroatoms. The van der Waals surface area contributed by atoms with Gasteiger partial charge in [-0.05, 0) is 5.56 Å². The van der Waals surface area contributed by atoms with Crippen LogP contribution in [0.4, 0.5) is 18.0 Å². The number of amides is 4. The number of hydrogen-bond acceptors (Lipinski definition) is 3. The molecule has 1 heterocycles. The Morgan fingerprint density at radius 3 is 2.36 bits per heavy atom. The Bertz CT molecular complexity index is 618. The summed E-state index contributed by atoms with van der Waals surface area (Å²) in [5.74, 6) is -2.66. The summed E-state index contributed by atoms with van der Waals surface area (Å²) in [6.07, 6.45) is -5.17. The smallest absolute Gasteiger partial charge is 0.318 e. The van der Waals surface area contributed by atoms with Crippen LogP contribution in [0.15, 0.2) is 30.3 Å². The molecule has 0 radical (unpaired) electrons. The summed E-state index contributed by atoms with van der Waals surface area (Å²) in [7, 11) is 0. The lowest BCUT2D eigenvalue weighted by molar-refractivity contribution is -0.204.